The number of amides is 1. The van der Waals surface area contributed by atoms with E-state index in [1.165, 1.54) is 21.3 Å². The Balaban J connectivity index is 3.31. The molecule has 1 amide bonds. The van der Waals surface area contributed by atoms with Crippen LogP contribution in [0, 0.1) is 0 Å². The Hall–Kier alpha value is -1.70. The Morgan fingerprint density at radius 1 is 1.20 bits per heavy atom. The van der Waals surface area contributed by atoms with Crippen molar-refractivity contribution in [3.8, 4) is 0 Å². The van der Waals surface area contributed by atoms with Crippen LogP contribution in [0.1, 0.15) is 20.8 Å². The first-order valence-corrected chi connectivity index (χ1v) is 9.21. The van der Waals surface area contributed by atoms with Gasteiger partial charge in [0.05, 0.1) is 19.3 Å². The second kappa shape index (κ2) is 12.2. The molecule has 13 heteroatoms. The van der Waals surface area contributed by atoms with Crippen molar-refractivity contribution in [1.82, 2.24) is 5.32 Å². The van der Waals surface area contributed by atoms with E-state index in [0.29, 0.717) is 0 Å². The molecule has 2 N–H and O–H groups in total. The molecule has 174 valence electrons. The molecule has 0 spiro atoms. The van der Waals surface area contributed by atoms with Crippen LogP contribution in [0.15, 0.2) is 5.11 Å². The van der Waals surface area contributed by atoms with E-state index in [1.807, 2.05) is 0 Å². The molecule has 0 aliphatic carbocycles. The van der Waals surface area contributed by atoms with Gasteiger partial charge in [0.2, 0.25) is 0 Å². The zero-order valence-corrected chi connectivity index (χ0v) is 18.2. The quantitative estimate of drug-likeness (QED) is 0.207. The van der Waals surface area contributed by atoms with E-state index in [9.17, 15) is 9.90 Å². The van der Waals surface area contributed by atoms with Crippen molar-refractivity contribution >= 4 is 6.09 Å². The van der Waals surface area contributed by atoms with E-state index < -0.39 is 41.8 Å². The fraction of sp³-hybridized carbons (Fsp3) is 0.941. The number of azide groups is 1. The number of hydrogen-bond donors (Lipinski definition) is 2. The minimum absolute atomic E-state index is 0.178. The number of carbonyl (C=O) groups excluding carboxylic acids is 1. The van der Waals surface area contributed by atoms with E-state index in [1.54, 1.807) is 20.8 Å². The number of alkyl carbamates (subject to hydrolysis) is 1. The number of nitrogens with one attached hydrogen (secondary N) is 1. The third-order valence-corrected chi connectivity index (χ3v) is 4.04. The molecule has 0 radical (unpaired) electrons. The number of hydrogen-bond acceptors (Lipinski definition) is 10. The molecule has 1 fully saturated rings. The van der Waals surface area contributed by atoms with Crippen molar-refractivity contribution in [2.45, 2.75) is 56.5 Å². The van der Waals surface area contributed by atoms with Gasteiger partial charge in [-0.1, -0.05) is 5.11 Å². The minimum atomic E-state index is -1.86. The third kappa shape index (κ3) is 7.52. The number of nitrogens with zero attached hydrogens (tertiary/aromatic N) is 3. The average Bonchev–Trinajstić information content (AvgIpc) is 2.65. The maximum Gasteiger partial charge on any atom is 0.408 e. The smallest absolute Gasteiger partial charge is 0.408 e. The molecule has 0 saturated carbocycles. The van der Waals surface area contributed by atoms with Crippen molar-refractivity contribution in [2.75, 3.05) is 48.1 Å². The minimum Gasteiger partial charge on any atom is -0.444 e. The predicted molar refractivity (Wildman–Crippen MR) is 102 cm³/mol. The standard InChI is InChI=1S/C17H32N4O9/c1-16(2,3)30-15(22)20-12-14(28-10-26-6)29-11(7-19-21-18)13(27-9-25-5)17(12,23)8-24-4/h11-14,23H,7-10H2,1-6H3,(H,20,22)/t11-,12+,13-,14?,17-/m1/s1. The summed E-state index contributed by atoms with van der Waals surface area (Å²) in [6.45, 7) is 4.25. The molecular formula is C17H32N4O9. The van der Waals surface area contributed by atoms with Crippen molar-refractivity contribution in [2.24, 2.45) is 5.11 Å². The Kier molecular flexibility index (Phi) is 10.7. The van der Waals surface area contributed by atoms with Gasteiger partial charge in [-0.3, -0.25) is 0 Å². The fourth-order valence-electron chi connectivity index (χ4n) is 3.01. The molecule has 0 bridgehead atoms. The van der Waals surface area contributed by atoms with Gasteiger partial charge in [-0.25, -0.2) is 4.79 Å². The van der Waals surface area contributed by atoms with Gasteiger partial charge in [0.15, 0.2) is 6.29 Å². The second-order valence-corrected chi connectivity index (χ2v) is 7.57. The maximum atomic E-state index is 12.5. The first-order chi connectivity index (χ1) is 14.1. The highest BCUT2D eigenvalue weighted by Gasteiger charge is 2.58. The van der Waals surface area contributed by atoms with Crippen molar-refractivity contribution in [3.05, 3.63) is 10.4 Å². The molecule has 1 heterocycles. The molecule has 1 rings (SSSR count). The SMILES string of the molecule is COCOC1O[C@H](CN=[N+]=[N-])[C@@H](OCOC)[C@@](O)(COC)[C@H]1NC(=O)OC(C)(C)C. The van der Waals surface area contributed by atoms with Crippen LogP contribution in [0.3, 0.4) is 0 Å². The Bertz CT molecular complexity index is 582. The molecule has 0 aromatic heterocycles. The van der Waals surface area contributed by atoms with Crippen LogP contribution in [0.4, 0.5) is 4.79 Å². The van der Waals surface area contributed by atoms with Crippen LogP contribution in [-0.4, -0.2) is 95.0 Å². The lowest BCUT2D eigenvalue weighted by Gasteiger charge is -2.51. The van der Waals surface area contributed by atoms with E-state index in [4.69, 9.17) is 38.7 Å². The largest absolute Gasteiger partial charge is 0.444 e. The Labute approximate surface area is 175 Å². The summed E-state index contributed by atoms with van der Waals surface area (Å²) in [7, 11) is 4.18. The number of methoxy groups -OCH3 is 3. The van der Waals surface area contributed by atoms with Gasteiger partial charge in [0, 0.05) is 26.2 Å². The first-order valence-electron chi connectivity index (χ1n) is 9.21. The summed E-state index contributed by atoms with van der Waals surface area (Å²) in [4.78, 5) is 15.2. The van der Waals surface area contributed by atoms with Crippen LogP contribution in [0.25, 0.3) is 10.4 Å². The van der Waals surface area contributed by atoms with E-state index in [0.717, 1.165) is 0 Å². The molecule has 5 atom stereocenters. The van der Waals surface area contributed by atoms with Gasteiger partial charge in [0.25, 0.3) is 0 Å². The normalized spacial score (nSPS) is 29.2. The maximum absolute atomic E-state index is 12.5. The van der Waals surface area contributed by atoms with Gasteiger partial charge in [0.1, 0.15) is 36.9 Å². The highest BCUT2D eigenvalue weighted by Crippen LogP contribution is 2.34. The summed E-state index contributed by atoms with van der Waals surface area (Å²) < 4.78 is 37.4. The van der Waals surface area contributed by atoms with E-state index >= 15 is 0 Å². The van der Waals surface area contributed by atoms with Gasteiger partial charge >= 0.3 is 6.09 Å². The van der Waals surface area contributed by atoms with Crippen LogP contribution < -0.4 is 5.32 Å². The molecule has 1 saturated heterocycles. The number of aliphatic hydroxyl groups is 1. The van der Waals surface area contributed by atoms with Crippen molar-refractivity contribution in [3.63, 3.8) is 0 Å². The van der Waals surface area contributed by atoms with Crippen LogP contribution in [0.5, 0.6) is 0 Å². The summed E-state index contributed by atoms with van der Waals surface area (Å²) >= 11 is 0. The lowest BCUT2D eigenvalue weighted by Crippen LogP contribution is -2.74. The summed E-state index contributed by atoms with van der Waals surface area (Å²) in [5.41, 5.74) is 6.06. The van der Waals surface area contributed by atoms with Crippen LogP contribution in [-0.2, 0) is 33.2 Å². The highest BCUT2D eigenvalue weighted by atomic mass is 16.8. The molecule has 1 aliphatic heterocycles. The first kappa shape index (κ1) is 26.3. The summed E-state index contributed by atoms with van der Waals surface area (Å²) in [5, 5.41) is 17.7. The Morgan fingerprint density at radius 3 is 2.37 bits per heavy atom. The molecule has 0 aromatic carbocycles. The number of rotatable bonds is 11. The van der Waals surface area contributed by atoms with Crippen LogP contribution in [0.2, 0.25) is 0 Å². The van der Waals surface area contributed by atoms with Gasteiger partial charge in [-0.05, 0) is 26.3 Å². The number of carbonyl (C=O) groups is 1. The summed E-state index contributed by atoms with van der Waals surface area (Å²) in [5.74, 6) is 0. The molecular weight excluding hydrogens is 404 g/mol. The molecule has 13 nitrogen and oxygen atoms in total. The van der Waals surface area contributed by atoms with Crippen LogP contribution >= 0.6 is 0 Å². The molecule has 1 aliphatic rings. The van der Waals surface area contributed by atoms with Gasteiger partial charge in [-0.15, -0.1) is 0 Å². The topological polar surface area (TPSA) is 163 Å². The zero-order chi connectivity index (χ0) is 22.8. The van der Waals surface area contributed by atoms with Gasteiger partial charge < -0.3 is 43.6 Å². The van der Waals surface area contributed by atoms with E-state index in [-0.39, 0.29) is 26.7 Å². The highest BCUT2D eigenvalue weighted by molar-refractivity contribution is 5.68. The van der Waals surface area contributed by atoms with Crippen molar-refractivity contribution < 1.29 is 43.1 Å². The molecule has 0 aromatic rings. The molecule has 1 unspecified atom stereocenters. The second-order valence-electron chi connectivity index (χ2n) is 7.57. The Morgan fingerprint density at radius 2 is 1.83 bits per heavy atom. The monoisotopic (exact) mass is 436 g/mol. The molecule has 30 heavy (non-hydrogen) atoms. The lowest BCUT2D eigenvalue weighted by atomic mass is 9.82. The fourth-order valence-corrected chi connectivity index (χ4v) is 3.01. The summed E-state index contributed by atoms with van der Waals surface area (Å²) in [6, 6.07) is -1.19. The average molecular weight is 436 g/mol. The summed E-state index contributed by atoms with van der Waals surface area (Å²) in [6.07, 6.45) is -4.05. The van der Waals surface area contributed by atoms with E-state index in [2.05, 4.69) is 15.3 Å². The zero-order valence-electron chi connectivity index (χ0n) is 18.2. The van der Waals surface area contributed by atoms with Crippen molar-refractivity contribution in [1.29, 1.82) is 0 Å². The van der Waals surface area contributed by atoms with Gasteiger partial charge in [-0.2, -0.15) is 0 Å². The number of ether oxygens (including phenoxy) is 7. The lowest BCUT2D eigenvalue weighted by molar-refractivity contribution is -0.326. The third-order valence-electron chi connectivity index (χ3n) is 4.04. The predicted octanol–water partition coefficient (Wildman–Crippen LogP) is 0.902.